The molecule has 1 rings (SSSR count). The number of carbonyl (C=O) groups excluding carboxylic acids is 1. The van der Waals surface area contributed by atoms with Crippen LogP contribution in [0.3, 0.4) is 0 Å². The second-order valence-electron chi connectivity index (χ2n) is 4.04. The summed E-state index contributed by atoms with van der Waals surface area (Å²) >= 11 is 0. The lowest BCUT2D eigenvalue weighted by Crippen LogP contribution is -2.36. The van der Waals surface area contributed by atoms with Crippen LogP contribution >= 0.6 is 0 Å². The molecule has 0 fully saturated rings. The van der Waals surface area contributed by atoms with Crippen LogP contribution in [-0.2, 0) is 16.1 Å². The molecule has 1 aromatic rings. The van der Waals surface area contributed by atoms with Crippen LogP contribution < -0.4 is 14.8 Å². The van der Waals surface area contributed by atoms with Crippen molar-refractivity contribution in [2.75, 3.05) is 21.3 Å². The van der Waals surface area contributed by atoms with Crippen molar-refractivity contribution in [3.8, 4) is 11.5 Å². The van der Waals surface area contributed by atoms with Gasteiger partial charge >= 0.3 is 5.97 Å². The van der Waals surface area contributed by atoms with E-state index in [1.807, 2.05) is 25.1 Å². The van der Waals surface area contributed by atoms with E-state index in [-0.39, 0.29) is 12.0 Å². The van der Waals surface area contributed by atoms with Gasteiger partial charge in [0, 0.05) is 18.2 Å². The fourth-order valence-corrected chi connectivity index (χ4v) is 1.77. The van der Waals surface area contributed by atoms with E-state index in [0.717, 1.165) is 17.1 Å². The molecule has 5 nitrogen and oxygen atoms in total. The van der Waals surface area contributed by atoms with Gasteiger partial charge in [0.2, 0.25) is 0 Å². The van der Waals surface area contributed by atoms with Crippen molar-refractivity contribution in [1.29, 1.82) is 0 Å². The summed E-state index contributed by atoms with van der Waals surface area (Å²) in [6, 6.07) is 5.28. The van der Waals surface area contributed by atoms with Gasteiger partial charge in [-0.05, 0) is 12.5 Å². The van der Waals surface area contributed by atoms with Crippen molar-refractivity contribution in [1.82, 2.24) is 5.32 Å². The van der Waals surface area contributed by atoms with Crippen LogP contribution in [0, 0.1) is 0 Å². The molecule has 0 aliphatic carbocycles. The summed E-state index contributed by atoms with van der Waals surface area (Å²) in [6.07, 6.45) is 0.672. The molecule has 0 bridgehead atoms. The molecule has 19 heavy (non-hydrogen) atoms. The fourth-order valence-electron chi connectivity index (χ4n) is 1.77. The Morgan fingerprint density at radius 2 is 2.00 bits per heavy atom. The maximum Gasteiger partial charge on any atom is 0.322 e. The second-order valence-corrected chi connectivity index (χ2v) is 4.04. The summed E-state index contributed by atoms with van der Waals surface area (Å²) in [4.78, 5) is 11.5. The minimum Gasteiger partial charge on any atom is -0.497 e. The molecule has 0 aromatic heterocycles. The zero-order chi connectivity index (χ0) is 14.3. The van der Waals surface area contributed by atoms with E-state index in [0.29, 0.717) is 13.0 Å². The van der Waals surface area contributed by atoms with E-state index in [1.54, 1.807) is 14.2 Å². The highest BCUT2D eigenvalue weighted by Gasteiger charge is 2.16. The first kappa shape index (κ1) is 15.3. The van der Waals surface area contributed by atoms with Gasteiger partial charge in [-0.25, -0.2) is 0 Å². The van der Waals surface area contributed by atoms with E-state index in [4.69, 9.17) is 14.2 Å². The van der Waals surface area contributed by atoms with Gasteiger partial charge in [0.25, 0.3) is 0 Å². The van der Waals surface area contributed by atoms with Gasteiger partial charge in [0.05, 0.1) is 21.3 Å². The lowest BCUT2D eigenvalue weighted by Gasteiger charge is -2.16. The highest BCUT2D eigenvalue weighted by molar-refractivity contribution is 5.75. The largest absolute Gasteiger partial charge is 0.497 e. The Morgan fingerprint density at radius 3 is 2.53 bits per heavy atom. The van der Waals surface area contributed by atoms with Gasteiger partial charge in [-0.2, -0.15) is 0 Å². The molecule has 1 atom stereocenters. The number of carbonyl (C=O) groups is 1. The summed E-state index contributed by atoms with van der Waals surface area (Å²) in [6.45, 7) is 2.46. The Kier molecular flexibility index (Phi) is 6.15. The van der Waals surface area contributed by atoms with Gasteiger partial charge in [0.15, 0.2) is 0 Å². The second kappa shape index (κ2) is 7.63. The number of hydrogen-bond donors (Lipinski definition) is 1. The summed E-state index contributed by atoms with van der Waals surface area (Å²) in [5.74, 6) is 1.21. The fraction of sp³-hybridized carbons (Fsp3) is 0.500. The molecule has 0 saturated heterocycles. The minimum atomic E-state index is -0.309. The Hall–Kier alpha value is -1.75. The van der Waals surface area contributed by atoms with E-state index in [1.165, 1.54) is 7.11 Å². The molecule has 1 N–H and O–H groups in total. The van der Waals surface area contributed by atoms with Crippen LogP contribution in [0.4, 0.5) is 0 Å². The summed E-state index contributed by atoms with van der Waals surface area (Å²) in [5.41, 5.74) is 0.964. The molecule has 0 radical (unpaired) electrons. The van der Waals surface area contributed by atoms with Crippen molar-refractivity contribution in [2.45, 2.75) is 25.9 Å². The number of hydrogen-bond acceptors (Lipinski definition) is 5. The predicted octanol–water partition coefficient (Wildman–Crippen LogP) is 1.74. The van der Waals surface area contributed by atoms with Crippen LogP contribution in [0.1, 0.15) is 18.9 Å². The Bertz CT molecular complexity index is 420. The molecule has 0 saturated carbocycles. The molecule has 106 valence electrons. The zero-order valence-corrected chi connectivity index (χ0v) is 11.9. The maximum absolute atomic E-state index is 11.5. The molecule has 0 heterocycles. The van der Waals surface area contributed by atoms with Crippen molar-refractivity contribution < 1.29 is 19.0 Å². The van der Waals surface area contributed by atoms with Crippen molar-refractivity contribution >= 4 is 5.97 Å². The van der Waals surface area contributed by atoms with Crippen LogP contribution in [0.25, 0.3) is 0 Å². The zero-order valence-electron chi connectivity index (χ0n) is 11.9. The first-order valence-corrected chi connectivity index (χ1v) is 6.18. The molecule has 0 aliphatic heterocycles. The third-order valence-corrected chi connectivity index (χ3v) is 2.93. The highest BCUT2D eigenvalue weighted by atomic mass is 16.5. The third kappa shape index (κ3) is 4.13. The molecule has 0 amide bonds. The number of ether oxygens (including phenoxy) is 3. The van der Waals surface area contributed by atoms with Gasteiger partial charge < -0.3 is 19.5 Å². The highest BCUT2D eigenvalue weighted by Crippen LogP contribution is 2.24. The summed E-state index contributed by atoms with van der Waals surface area (Å²) in [5, 5.41) is 3.15. The standard InChI is InChI=1S/C14H21NO4/c1-5-12(14(16)19-4)15-9-10-6-7-11(17-2)8-13(10)18-3/h6-8,12,15H,5,9H2,1-4H3. The molecule has 0 spiro atoms. The lowest BCUT2D eigenvalue weighted by atomic mass is 10.1. The van der Waals surface area contributed by atoms with Gasteiger partial charge in [-0.1, -0.05) is 13.0 Å². The number of rotatable bonds is 7. The first-order valence-electron chi connectivity index (χ1n) is 6.18. The van der Waals surface area contributed by atoms with Crippen molar-refractivity contribution in [3.63, 3.8) is 0 Å². The lowest BCUT2D eigenvalue weighted by molar-refractivity contribution is -0.143. The van der Waals surface area contributed by atoms with E-state index in [2.05, 4.69) is 5.32 Å². The van der Waals surface area contributed by atoms with Crippen LogP contribution in [0.2, 0.25) is 0 Å². The molecule has 1 unspecified atom stereocenters. The van der Waals surface area contributed by atoms with E-state index >= 15 is 0 Å². The smallest absolute Gasteiger partial charge is 0.322 e. The number of esters is 1. The SMILES string of the molecule is CCC(NCc1ccc(OC)cc1OC)C(=O)OC. The molecule has 1 aromatic carbocycles. The molecular weight excluding hydrogens is 246 g/mol. The minimum absolute atomic E-state index is 0.255. The Balaban J connectivity index is 2.73. The van der Waals surface area contributed by atoms with Crippen LogP contribution in [0.15, 0.2) is 18.2 Å². The Morgan fingerprint density at radius 1 is 1.26 bits per heavy atom. The predicted molar refractivity (Wildman–Crippen MR) is 72.5 cm³/mol. The van der Waals surface area contributed by atoms with Crippen LogP contribution in [0.5, 0.6) is 11.5 Å². The number of methoxy groups -OCH3 is 3. The average Bonchev–Trinajstić information content (AvgIpc) is 2.47. The first-order chi connectivity index (χ1) is 9.15. The molecule has 5 heteroatoms. The monoisotopic (exact) mass is 267 g/mol. The van der Waals surface area contributed by atoms with Gasteiger partial charge in [0.1, 0.15) is 17.5 Å². The van der Waals surface area contributed by atoms with Gasteiger partial charge in [-0.3, -0.25) is 4.79 Å². The quantitative estimate of drug-likeness (QED) is 0.763. The number of benzene rings is 1. The van der Waals surface area contributed by atoms with E-state index < -0.39 is 0 Å². The van der Waals surface area contributed by atoms with Crippen molar-refractivity contribution in [3.05, 3.63) is 23.8 Å². The Labute approximate surface area is 113 Å². The maximum atomic E-state index is 11.5. The summed E-state index contributed by atoms with van der Waals surface area (Å²) < 4.78 is 15.2. The van der Waals surface area contributed by atoms with Crippen LogP contribution in [-0.4, -0.2) is 33.3 Å². The van der Waals surface area contributed by atoms with Crippen molar-refractivity contribution in [2.24, 2.45) is 0 Å². The summed E-state index contributed by atoms with van der Waals surface area (Å²) in [7, 11) is 4.60. The van der Waals surface area contributed by atoms with E-state index in [9.17, 15) is 4.79 Å². The third-order valence-electron chi connectivity index (χ3n) is 2.93. The number of nitrogens with one attached hydrogen (secondary N) is 1. The topological polar surface area (TPSA) is 56.8 Å². The average molecular weight is 267 g/mol. The van der Waals surface area contributed by atoms with Gasteiger partial charge in [-0.15, -0.1) is 0 Å². The molecular formula is C14H21NO4. The molecule has 0 aliphatic rings. The normalized spacial score (nSPS) is 11.8.